The van der Waals surface area contributed by atoms with Gasteiger partial charge in [-0.2, -0.15) is 0 Å². The summed E-state index contributed by atoms with van der Waals surface area (Å²) in [4.78, 5) is 16.6. The molecule has 0 saturated carbocycles. The molecule has 0 unspecified atom stereocenters. The zero-order valence-electron chi connectivity index (χ0n) is 14.4. The Balaban J connectivity index is 1.98. The lowest BCUT2D eigenvalue weighted by atomic mass is 10.1. The van der Waals surface area contributed by atoms with Crippen molar-refractivity contribution in [3.05, 3.63) is 36.0 Å². The second-order valence-electron chi connectivity index (χ2n) is 5.41. The Kier molecular flexibility index (Phi) is 4.78. The standard InChI is InChI=1S/C17H18N4O4/c1-10(2)12-14(24-13(18-12)11-8-6-5-7-9-11)25-17-20-15(22-3)19-16(21-17)23-4/h5-10H,1-4H3. The van der Waals surface area contributed by atoms with E-state index in [0.29, 0.717) is 11.6 Å². The lowest BCUT2D eigenvalue weighted by molar-refractivity contribution is 0.292. The quantitative estimate of drug-likeness (QED) is 0.672. The van der Waals surface area contributed by atoms with Crippen LogP contribution in [-0.2, 0) is 0 Å². The highest BCUT2D eigenvalue weighted by Crippen LogP contribution is 2.34. The van der Waals surface area contributed by atoms with Crippen LogP contribution in [0, 0.1) is 0 Å². The fourth-order valence-corrected chi connectivity index (χ4v) is 2.09. The van der Waals surface area contributed by atoms with Crippen LogP contribution >= 0.6 is 0 Å². The maximum atomic E-state index is 5.80. The minimum Gasteiger partial charge on any atom is -0.467 e. The average Bonchev–Trinajstić information content (AvgIpc) is 3.06. The number of nitrogens with zero attached hydrogens (tertiary/aromatic N) is 4. The van der Waals surface area contributed by atoms with Crippen LogP contribution in [-0.4, -0.2) is 34.2 Å². The number of aromatic nitrogens is 4. The van der Waals surface area contributed by atoms with Gasteiger partial charge in [0, 0.05) is 11.5 Å². The molecule has 2 aromatic heterocycles. The van der Waals surface area contributed by atoms with E-state index < -0.39 is 0 Å². The first-order chi connectivity index (χ1) is 12.1. The summed E-state index contributed by atoms with van der Waals surface area (Å²) < 4.78 is 21.5. The third kappa shape index (κ3) is 3.68. The highest BCUT2D eigenvalue weighted by molar-refractivity contribution is 5.54. The lowest BCUT2D eigenvalue weighted by Gasteiger charge is -2.06. The Morgan fingerprint density at radius 1 is 0.840 bits per heavy atom. The van der Waals surface area contributed by atoms with Crippen molar-refractivity contribution in [2.45, 2.75) is 19.8 Å². The maximum absolute atomic E-state index is 5.80. The smallest absolute Gasteiger partial charge is 0.333 e. The molecule has 8 nitrogen and oxygen atoms in total. The van der Waals surface area contributed by atoms with Gasteiger partial charge >= 0.3 is 24.0 Å². The monoisotopic (exact) mass is 342 g/mol. The van der Waals surface area contributed by atoms with E-state index in [1.54, 1.807) is 0 Å². The number of benzene rings is 1. The molecular formula is C17H18N4O4. The number of ether oxygens (including phenoxy) is 3. The summed E-state index contributed by atoms with van der Waals surface area (Å²) in [6.45, 7) is 3.99. The summed E-state index contributed by atoms with van der Waals surface area (Å²) in [5.41, 5.74) is 1.52. The molecule has 130 valence electrons. The van der Waals surface area contributed by atoms with Gasteiger partial charge < -0.3 is 18.6 Å². The van der Waals surface area contributed by atoms with Gasteiger partial charge in [-0.15, -0.1) is 15.0 Å². The first kappa shape index (κ1) is 16.7. The van der Waals surface area contributed by atoms with E-state index in [2.05, 4.69) is 19.9 Å². The summed E-state index contributed by atoms with van der Waals surface area (Å²) in [6, 6.07) is 9.74. The molecule has 0 bridgehead atoms. The van der Waals surface area contributed by atoms with Crippen LogP contribution in [0.4, 0.5) is 0 Å². The van der Waals surface area contributed by atoms with E-state index in [4.69, 9.17) is 18.6 Å². The molecule has 0 saturated heterocycles. The van der Waals surface area contributed by atoms with Crippen molar-refractivity contribution < 1.29 is 18.6 Å². The van der Waals surface area contributed by atoms with Crippen molar-refractivity contribution in [3.8, 4) is 35.4 Å². The molecule has 0 aliphatic carbocycles. The normalized spacial score (nSPS) is 10.8. The van der Waals surface area contributed by atoms with Crippen LogP contribution in [0.2, 0.25) is 0 Å². The van der Waals surface area contributed by atoms with Crippen molar-refractivity contribution in [1.29, 1.82) is 0 Å². The van der Waals surface area contributed by atoms with Crippen molar-refractivity contribution >= 4 is 0 Å². The fourth-order valence-electron chi connectivity index (χ4n) is 2.09. The Bertz CT molecular complexity index is 827. The minimum absolute atomic E-state index is 0.00126. The molecule has 0 fully saturated rings. The second-order valence-corrected chi connectivity index (χ2v) is 5.41. The SMILES string of the molecule is COc1nc(OC)nc(Oc2oc(-c3ccccc3)nc2C(C)C)n1. The topological polar surface area (TPSA) is 92.4 Å². The molecular weight excluding hydrogens is 324 g/mol. The number of oxazole rings is 1. The predicted molar refractivity (Wildman–Crippen MR) is 89.0 cm³/mol. The van der Waals surface area contributed by atoms with Crippen molar-refractivity contribution in [2.24, 2.45) is 0 Å². The Morgan fingerprint density at radius 3 is 2.00 bits per heavy atom. The van der Waals surface area contributed by atoms with Gasteiger partial charge in [-0.25, -0.2) is 4.98 Å². The van der Waals surface area contributed by atoms with Gasteiger partial charge in [0.05, 0.1) is 14.2 Å². The van der Waals surface area contributed by atoms with Crippen LogP contribution < -0.4 is 14.2 Å². The van der Waals surface area contributed by atoms with E-state index in [9.17, 15) is 0 Å². The molecule has 0 aliphatic heterocycles. The lowest BCUT2D eigenvalue weighted by Crippen LogP contribution is -2.02. The molecule has 0 atom stereocenters. The van der Waals surface area contributed by atoms with Crippen molar-refractivity contribution in [2.75, 3.05) is 14.2 Å². The number of hydrogen-bond donors (Lipinski definition) is 0. The summed E-state index contributed by atoms with van der Waals surface area (Å²) in [6.07, 6.45) is 0. The van der Waals surface area contributed by atoms with Crippen molar-refractivity contribution in [3.63, 3.8) is 0 Å². The third-order valence-corrected chi connectivity index (χ3v) is 3.31. The second kappa shape index (κ2) is 7.16. The van der Waals surface area contributed by atoms with Crippen LogP contribution in [0.25, 0.3) is 11.5 Å². The molecule has 8 heteroatoms. The van der Waals surface area contributed by atoms with Crippen LogP contribution in [0.1, 0.15) is 25.5 Å². The van der Waals surface area contributed by atoms with E-state index in [0.717, 1.165) is 5.56 Å². The molecule has 0 amide bonds. The van der Waals surface area contributed by atoms with Gasteiger partial charge in [-0.05, 0) is 12.1 Å². The molecule has 2 heterocycles. The minimum atomic E-state index is 0.00126. The van der Waals surface area contributed by atoms with Crippen LogP contribution in [0.15, 0.2) is 34.7 Å². The van der Waals surface area contributed by atoms with Crippen LogP contribution in [0.5, 0.6) is 24.0 Å². The van der Waals surface area contributed by atoms with Gasteiger partial charge in [0.2, 0.25) is 5.89 Å². The molecule has 0 radical (unpaired) electrons. The van der Waals surface area contributed by atoms with E-state index in [1.165, 1.54) is 14.2 Å². The van der Waals surface area contributed by atoms with Crippen molar-refractivity contribution in [1.82, 2.24) is 19.9 Å². The zero-order valence-corrected chi connectivity index (χ0v) is 14.4. The first-order valence-electron chi connectivity index (χ1n) is 7.68. The molecule has 1 aromatic carbocycles. The largest absolute Gasteiger partial charge is 0.467 e. The Morgan fingerprint density at radius 2 is 1.44 bits per heavy atom. The maximum Gasteiger partial charge on any atom is 0.333 e. The summed E-state index contributed by atoms with van der Waals surface area (Å²) >= 11 is 0. The average molecular weight is 342 g/mol. The van der Waals surface area contributed by atoms with Crippen LogP contribution in [0.3, 0.4) is 0 Å². The van der Waals surface area contributed by atoms with Gasteiger partial charge in [-0.1, -0.05) is 32.0 Å². The predicted octanol–water partition coefficient (Wildman–Crippen LogP) is 3.46. The Hall–Kier alpha value is -3.16. The fraction of sp³-hybridized carbons (Fsp3) is 0.294. The zero-order chi connectivity index (χ0) is 17.8. The van der Waals surface area contributed by atoms with E-state index in [1.807, 2.05) is 44.2 Å². The van der Waals surface area contributed by atoms with Gasteiger partial charge in [0.25, 0.3) is 0 Å². The van der Waals surface area contributed by atoms with Gasteiger partial charge in [0.1, 0.15) is 5.69 Å². The van der Waals surface area contributed by atoms with Gasteiger partial charge in [-0.3, -0.25) is 0 Å². The first-order valence-corrected chi connectivity index (χ1v) is 7.68. The molecule has 3 aromatic rings. The molecule has 0 aliphatic rings. The summed E-state index contributed by atoms with van der Waals surface area (Å²) in [7, 11) is 2.89. The summed E-state index contributed by atoms with van der Waals surface area (Å²) in [5.74, 6) is 0.776. The highest BCUT2D eigenvalue weighted by atomic mass is 16.6. The van der Waals surface area contributed by atoms with E-state index in [-0.39, 0.29) is 29.9 Å². The molecule has 25 heavy (non-hydrogen) atoms. The molecule has 3 rings (SSSR count). The number of rotatable bonds is 6. The molecule has 0 N–H and O–H groups in total. The third-order valence-electron chi connectivity index (χ3n) is 3.31. The highest BCUT2D eigenvalue weighted by Gasteiger charge is 2.21. The van der Waals surface area contributed by atoms with Gasteiger partial charge in [0.15, 0.2) is 0 Å². The summed E-state index contributed by atoms with van der Waals surface area (Å²) in [5, 5.41) is 0. The molecule has 0 spiro atoms. The van der Waals surface area contributed by atoms with E-state index >= 15 is 0 Å². The number of methoxy groups -OCH3 is 2. The Labute approximate surface area is 144 Å². The number of hydrogen-bond acceptors (Lipinski definition) is 8.